The molecule has 4 aromatic rings. The molecule has 3 aromatic heterocycles. The number of imidazole rings is 2. The van der Waals surface area contributed by atoms with Crippen molar-refractivity contribution in [2.24, 2.45) is 0 Å². The van der Waals surface area contributed by atoms with Crippen molar-refractivity contribution in [1.82, 2.24) is 34.7 Å². The molecular weight excluding hydrogens is 270 g/mol. The number of nitrogens with one attached hydrogen (secondary N) is 3. The number of hydrogen-bond acceptors (Lipinski definition) is 4. The van der Waals surface area contributed by atoms with Crippen LogP contribution in [0.2, 0.25) is 0 Å². The first-order valence-electron chi connectivity index (χ1n) is 6.39. The first-order chi connectivity index (χ1) is 10.3. The molecule has 8 nitrogen and oxygen atoms in total. The minimum atomic E-state index is -0.324. The van der Waals surface area contributed by atoms with Gasteiger partial charge in [-0.3, -0.25) is 4.98 Å². The highest BCUT2D eigenvalue weighted by molar-refractivity contribution is 5.78. The summed E-state index contributed by atoms with van der Waals surface area (Å²) in [7, 11) is 0. The third kappa shape index (κ3) is 2.02. The van der Waals surface area contributed by atoms with Gasteiger partial charge in [0.1, 0.15) is 0 Å². The van der Waals surface area contributed by atoms with Crippen LogP contribution < -0.4 is 5.69 Å². The summed E-state index contributed by atoms with van der Waals surface area (Å²) in [6.07, 6.45) is 3.50. The Morgan fingerprint density at radius 3 is 2.90 bits per heavy atom. The van der Waals surface area contributed by atoms with Gasteiger partial charge in [0.05, 0.1) is 17.6 Å². The van der Waals surface area contributed by atoms with E-state index in [1.54, 1.807) is 6.20 Å². The lowest BCUT2D eigenvalue weighted by atomic mass is 10.3. The van der Waals surface area contributed by atoms with E-state index in [2.05, 4.69) is 30.1 Å². The van der Waals surface area contributed by atoms with E-state index >= 15 is 0 Å². The third-order valence-electron chi connectivity index (χ3n) is 3.19. The van der Waals surface area contributed by atoms with E-state index in [9.17, 15) is 4.79 Å². The number of aromatic amines is 3. The zero-order valence-electron chi connectivity index (χ0n) is 10.9. The molecule has 0 bridgehead atoms. The molecule has 0 fully saturated rings. The molecule has 104 valence electrons. The predicted octanol–water partition coefficient (Wildman–Crippen LogP) is 0.886. The van der Waals surface area contributed by atoms with E-state index in [1.165, 1.54) is 0 Å². The van der Waals surface area contributed by atoms with Crippen LogP contribution in [0.25, 0.3) is 22.7 Å². The molecule has 0 aliphatic carbocycles. The van der Waals surface area contributed by atoms with Crippen LogP contribution in [0, 0.1) is 0 Å². The molecule has 4 rings (SSSR count). The molecule has 8 heteroatoms. The van der Waals surface area contributed by atoms with Gasteiger partial charge in [-0.05, 0) is 12.1 Å². The van der Waals surface area contributed by atoms with Crippen molar-refractivity contribution in [3.63, 3.8) is 0 Å². The van der Waals surface area contributed by atoms with E-state index in [-0.39, 0.29) is 5.69 Å². The van der Waals surface area contributed by atoms with Gasteiger partial charge in [-0.25, -0.2) is 19.9 Å². The lowest BCUT2D eigenvalue weighted by molar-refractivity contribution is 0.751. The molecule has 0 unspecified atom stereocenters. The molecule has 1 aromatic carbocycles. The average Bonchev–Trinajstić information content (AvgIpc) is 3.18. The van der Waals surface area contributed by atoms with Crippen molar-refractivity contribution in [3.05, 3.63) is 53.0 Å². The highest BCUT2D eigenvalue weighted by Crippen LogP contribution is 2.19. The number of fused-ring (bicyclic) bond motifs is 1. The lowest BCUT2D eigenvalue weighted by Crippen LogP contribution is -2.05. The summed E-state index contributed by atoms with van der Waals surface area (Å²) >= 11 is 0. The van der Waals surface area contributed by atoms with Crippen LogP contribution in [0.5, 0.6) is 0 Å². The molecule has 0 aliphatic heterocycles. The van der Waals surface area contributed by atoms with Crippen LogP contribution in [-0.4, -0.2) is 34.7 Å². The smallest absolute Gasteiger partial charge is 0.335 e. The Balaban J connectivity index is 1.75. The predicted molar refractivity (Wildman–Crippen MR) is 75.6 cm³/mol. The summed E-state index contributed by atoms with van der Waals surface area (Å²) in [5.74, 6) is 1.91. The van der Waals surface area contributed by atoms with E-state index < -0.39 is 0 Å². The second-order valence-electron chi connectivity index (χ2n) is 4.61. The minimum absolute atomic E-state index is 0.324. The standard InChI is InChI=1S/C13H11N7O/c21-13-17-10(18-19-13)7-20-6-5-14-12(20)11-15-8-3-1-2-4-9(8)16-11/h1-6H,7H2,(H,15,16)(H2,17,18,19,21). The summed E-state index contributed by atoms with van der Waals surface area (Å²) < 4.78 is 1.86. The first kappa shape index (κ1) is 11.6. The second kappa shape index (κ2) is 4.44. The van der Waals surface area contributed by atoms with Gasteiger partial charge < -0.3 is 9.55 Å². The van der Waals surface area contributed by atoms with Gasteiger partial charge in [0, 0.05) is 12.4 Å². The van der Waals surface area contributed by atoms with E-state index in [1.807, 2.05) is 35.0 Å². The van der Waals surface area contributed by atoms with Crippen LogP contribution in [0.15, 0.2) is 41.5 Å². The number of aromatic nitrogens is 7. The highest BCUT2D eigenvalue weighted by Gasteiger charge is 2.12. The van der Waals surface area contributed by atoms with Crippen molar-refractivity contribution >= 4 is 11.0 Å². The van der Waals surface area contributed by atoms with Gasteiger partial charge in [0.15, 0.2) is 17.5 Å². The van der Waals surface area contributed by atoms with Gasteiger partial charge in [0.2, 0.25) is 0 Å². The molecule has 3 heterocycles. The maximum atomic E-state index is 11.1. The topological polar surface area (TPSA) is 108 Å². The maximum absolute atomic E-state index is 11.1. The van der Waals surface area contributed by atoms with Gasteiger partial charge in [-0.2, -0.15) is 5.10 Å². The lowest BCUT2D eigenvalue weighted by Gasteiger charge is -2.02. The van der Waals surface area contributed by atoms with Crippen molar-refractivity contribution in [3.8, 4) is 11.6 Å². The van der Waals surface area contributed by atoms with Crippen LogP contribution in [-0.2, 0) is 6.54 Å². The normalized spacial score (nSPS) is 11.2. The minimum Gasteiger partial charge on any atom is -0.335 e. The van der Waals surface area contributed by atoms with E-state index in [4.69, 9.17) is 0 Å². The summed E-state index contributed by atoms with van der Waals surface area (Å²) in [4.78, 5) is 25.8. The molecule has 0 saturated carbocycles. The Morgan fingerprint density at radius 2 is 2.10 bits per heavy atom. The molecule has 0 amide bonds. The SMILES string of the molecule is O=c1[nH]nc(Cn2ccnc2-c2nc3ccccc3[nH]2)[nH]1. The number of H-pyrrole nitrogens is 3. The third-order valence-corrected chi connectivity index (χ3v) is 3.19. The Morgan fingerprint density at radius 1 is 1.19 bits per heavy atom. The summed E-state index contributed by atoms with van der Waals surface area (Å²) in [5, 5.41) is 6.24. The van der Waals surface area contributed by atoms with Crippen LogP contribution in [0.1, 0.15) is 5.82 Å². The zero-order chi connectivity index (χ0) is 14.2. The first-order valence-corrected chi connectivity index (χ1v) is 6.39. The molecule has 0 aliphatic rings. The Bertz CT molecular complexity index is 925. The van der Waals surface area contributed by atoms with Gasteiger partial charge >= 0.3 is 5.69 Å². The van der Waals surface area contributed by atoms with Crippen LogP contribution >= 0.6 is 0 Å². The van der Waals surface area contributed by atoms with Gasteiger partial charge in [0.25, 0.3) is 0 Å². The fraction of sp³-hybridized carbons (Fsp3) is 0.0769. The van der Waals surface area contributed by atoms with Gasteiger partial charge in [-0.15, -0.1) is 0 Å². The molecule has 0 radical (unpaired) electrons. The van der Waals surface area contributed by atoms with Crippen LogP contribution in [0.3, 0.4) is 0 Å². The maximum Gasteiger partial charge on any atom is 0.340 e. The Hall–Kier alpha value is -3.16. The summed E-state index contributed by atoms with van der Waals surface area (Å²) in [6.45, 7) is 0.408. The van der Waals surface area contributed by atoms with E-state index in [0.29, 0.717) is 24.0 Å². The number of benzene rings is 1. The average molecular weight is 281 g/mol. The van der Waals surface area contributed by atoms with Crippen molar-refractivity contribution in [2.75, 3.05) is 0 Å². The fourth-order valence-corrected chi connectivity index (χ4v) is 2.25. The molecule has 3 N–H and O–H groups in total. The monoisotopic (exact) mass is 281 g/mol. The second-order valence-corrected chi connectivity index (χ2v) is 4.61. The van der Waals surface area contributed by atoms with E-state index in [0.717, 1.165) is 11.0 Å². The van der Waals surface area contributed by atoms with Crippen LogP contribution in [0.4, 0.5) is 0 Å². The molecule has 0 saturated heterocycles. The Labute approximate surface area is 117 Å². The largest absolute Gasteiger partial charge is 0.340 e. The number of para-hydroxylation sites is 2. The highest BCUT2D eigenvalue weighted by atomic mass is 16.1. The number of nitrogens with zero attached hydrogens (tertiary/aromatic N) is 4. The van der Waals surface area contributed by atoms with Gasteiger partial charge in [-0.1, -0.05) is 12.1 Å². The molecular formula is C13H11N7O. The molecule has 21 heavy (non-hydrogen) atoms. The fourth-order valence-electron chi connectivity index (χ4n) is 2.25. The molecule has 0 atom stereocenters. The molecule has 0 spiro atoms. The van der Waals surface area contributed by atoms with Crippen molar-refractivity contribution < 1.29 is 0 Å². The number of rotatable bonds is 3. The zero-order valence-corrected chi connectivity index (χ0v) is 10.9. The Kier molecular flexibility index (Phi) is 2.46. The summed E-state index contributed by atoms with van der Waals surface area (Å²) in [6, 6.07) is 7.79. The van der Waals surface area contributed by atoms with Crippen molar-refractivity contribution in [1.29, 1.82) is 0 Å². The number of hydrogen-bond donors (Lipinski definition) is 3. The summed E-state index contributed by atoms with van der Waals surface area (Å²) in [5.41, 5.74) is 1.51. The quantitative estimate of drug-likeness (QED) is 0.518. The van der Waals surface area contributed by atoms with Crippen molar-refractivity contribution in [2.45, 2.75) is 6.54 Å².